The van der Waals surface area contributed by atoms with Crippen molar-refractivity contribution in [2.45, 2.75) is 5.92 Å². The molecule has 0 saturated heterocycles. The van der Waals surface area contributed by atoms with E-state index in [2.05, 4.69) is 63.4 Å². The Morgan fingerprint density at radius 3 is 2.62 bits per heavy atom. The minimum absolute atomic E-state index is 0.310. The highest BCUT2D eigenvalue weighted by molar-refractivity contribution is 9.10. The monoisotopic (exact) mass is 271 g/mol. The molecule has 1 aliphatic heterocycles. The third-order valence-corrected chi connectivity index (χ3v) is 3.34. The molecule has 0 aromatic heterocycles. The molecule has 0 saturated carbocycles. The van der Waals surface area contributed by atoms with Gasteiger partial charge in [0.25, 0.3) is 0 Å². The van der Waals surface area contributed by atoms with Crippen LogP contribution in [0.1, 0.15) is 17.0 Å². The third kappa shape index (κ3) is 1.59. The average Bonchev–Trinajstić information content (AvgIpc) is 2.73. The number of rotatable bonds is 1. The molecule has 0 spiro atoms. The van der Waals surface area contributed by atoms with Gasteiger partial charge in [-0.1, -0.05) is 52.3 Å². The molecule has 1 nitrogen and oxygen atoms in total. The highest BCUT2D eigenvalue weighted by Gasteiger charge is 2.19. The summed E-state index contributed by atoms with van der Waals surface area (Å²) >= 11 is 3.47. The lowest BCUT2D eigenvalue weighted by molar-refractivity contribution is 1.14. The van der Waals surface area contributed by atoms with Crippen LogP contribution in [0.3, 0.4) is 0 Å². The molecule has 2 aromatic carbocycles. The zero-order valence-corrected chi connectivity index (χ0v) is 10.2. The Labute approximate surface area is 103 Å². The van der Waals surface area contributed by atoms with Crippen LogP contribution in [0.25, 0.3) is 0 Å². The molecule has 2 heteroatoms. The number of nitrogens with zero attached hydrogens (tertiary/aromatic N) is 1. The van der Waals surface area contributed by atoms with E-state index in [9.17, 15) is 0 Å². The van der Waals surface area contributed by atoms with Gasteiger partial charge in [0.1, 0.15) is 0 Å². The van der Waals surface area contributed by atoms with Gasteiger partial charge in [0, 0.05) is 16.6 Å². The Morgan fingerprint density at radius 2 is 1.81 bits per heavy atom. The quantitative estimate of drug-likeness (QED) is 0.734. The van der Waals surface area contributed by atoms with Crippen LogP contribution in [0.2, 0.25) is 0 Å². The predicted molar refractivity (Wildman–Crippen MR) is 70.6 cm³/mol. The summed E-state index contributed by atoms with van der Waals surface area (Å²) in [5.41, 5.74) is 3.66. The first-order chi connectivity index (χ1) is 7.84. The van der Waals surface area contributed by atoms with Crippen LogP contribution in [-0.2, 0) is 0 Å². The molecule has 1 heterocycles. The van der Waals surface area contributed by atoms with E-state index in [-0.39, 0.29) is 0 Å². The zero-order valence-electron chi connectivity index (χ0n) is 8.60. The van der Waals surface area contributed by atoms with Crippen molar-refractivity contribution in [2.75, 3.05) is 0 Å². The van der Waals surface area contributed by atoms with Crippen molar-refractivity contribution >= 4 is 27.8 Å². The Bertz CT molecular complexity index is 546. The maximum Gasteiger partial charge on any atom is 0.0679 e. The zero-order chi connectivity index (χ0) is 11.0. The van der Waals surface area contributed by atoms with Gasteiger partial charge in [0.15, 0.2) is 0 Å². The van der Waals surface area contributed by atoms with Crippen molar-refractivity contribution < 1.29 is 0 Å². The fraction of sp³-hybridized carbons (Fsp3) is 0.0714. The predicted octanol–water partition coefficient (Wildman–Crippen LogP) is 4.30. The van der Waals surface area contributed by atoms with Crippen LogP contribution in [-0.4, -0.2) is 6.21 Å². The van der Waals surface area contributed by atoms with Gasteiger partial charge >= 0.3 is 0 Å². The van der Waals surface area contributed by atoms with E-state index in [1.807, 2.05) is 12.3 Å². The van der Waals surface area contributed by atoms with E-state index in [4.69, 9.17) is 0 Å². The summed E-state index contributed by atoms with van der Waals surface area (Å²) in [4.78, 5) is 4.46. The Balaban J connectivity index is 2.07. The number of hydrogen-bond acceptors (Lipinski definition) is 1. The van der Waals surface area contributed by atoms with Gasteiger partial charge < -0.3 is 0 Å². The molecule has 0 fully saturated rings. The molecular formula is C14H10BrN. The lowest BCUT2D eigenvalue weighted by Gasteiger charge is -2.09. The highest BCUT2D eigenvalue weighted by atomic mass is 79.9. The van der Waals surface area contributed by atoms with Crippen LogP contribution >= 0.6 is 15.9 Å². The summed E-state index contributed by atoms with van der Waals surface area (Å²) in [6.07, 6.45) is 2.02. The maximum absolute atomic E-state index is 4.46. The van der Waals surface area contributed by atoms with Gasteiger partial charge in [-0.25, -0.2) is 0 Å². The molecule has 16 heavy (non-hydrogen) atoms. The van der Waals surface area contributed by atoms with Gasteiger partial charge in [-0.3, -0.25) is 4.99 Å². The van der Waals surface area contributed by atoms with Gasteiger partial charge in [-0.15, -0.1) is 0 Å². The van der Waals surface area contributed by atoms with E-state index in [0.717, 1.165) is 10.2 Å². The van der Waals surface area contributed by atoms with Gasteiger partial charge in [-0.05, 0) is 23.3 Å². The Hall–Kier alpha value is -1.41. The van der Waals surface area contributed by atoms with Crippen molar-refractivity contribution in [1.82, 2.24) is 0 Å². The Morgan fingerprint density at radius 1 is 1.00 bits per heavy atom. The van der Waals surface area contributed by atoms with E-state index >= 15 is 0 Å². The molecule has 0 radical (unpaired) electrons. The first-order valence-electron chi connectivity index (χ1n) is 5.23. The molecule has 1 atom stereocenters. The molecule has 78 valence electrons. The molecule has 0 N–H and O–H groups in total. The maximum atomic E-state index is 4.46. The average molecular weight is 272 g/mol. The number of hydrogen-bond donors (Lipinski definition) is 0. The van der Waals surface area contributed by atoms with Crippen molar-refractivity contribution in [3.8, 4) is 0 Å². The highest BCUT2D eigenvalue weighted by Crippen LogP contribution is 2.37. The number of aliphatic imine (C=N–C) groups is 1. The molecule has 1 unspecified atom stereocenters. The second-order valence-corrected chi connectivity index (χ2v) is 4.79. The summed E-state index contributed by atoms with van der Waals surface area (Å²) in [7, 11) is 0. The second kappa shape index (κ2) is 3.87. The van der Waals surface area contributed by atoms with E-state index in [0.29, 0.717) is 5.92 Å². The van der Waals surface area contributed by atoms with Crippen molar-refractivity contribution in [3.63, 3.8) is 0 Å². The first-order valence-corrected chi connectivity index (χ1v) is 6.02. The molecular weight excluding hydrogens is 262 g/mol. The standard InChI is InChI=1S/C14H10BrN/c15-11-6-7-12-13(9-16-14(12)8-11)10-4-2-1-3-5-10/h1-9,13H. The largest absolute Gasteiger partial charge is 0.260 e. The van der Waals surface area contributed by atoms with E-state index < -0.39 is 0 Å². The summed E-state index contributed by atoms with van der Waals surface area (Å²) < 4.78 is 1.08. The van der Waals surface area contributed by atoms with Crippen molar-refractivity contribution in [1.29, 1.82) is 0 Å². The number of benzene rings is 2. The van der Waals surface area contributed by atoms with Crippen LogP contribution in [0.15, 0.2) is 58.0 Å². The summed E-state index contributed by atoms with van der Waals surface area (Å²) in [6.45, 7) is 0. The van der Waals surface area contributed by atoms with Crippen LogP contribution in [0, 0.1) is 0 Å². The number of halogens is 1. The smallest absolute Gasteiger partial charge is 0.0679 e. The van der Waals surface area contributed by atoms with Gasteiger partial charge in [0.2, 0.25) is 0 Å². The summed E-state index contributed by atoms with van der Waals surface area (Å²) in [6, 6.07) is 16.8. The Kier molecular flexibility index (Phi) is 2.37. The molecule has 0 aliphatic carbocycles. The van der Waals surface area contributed by atoms with Crippen LogP contribution in [0.5, 0.6) is 0 Å². The van der Waals surface area contributed by atoms with Crippen LogP contribution in [0.4, 0.5) is 5.69 Å². The molecule has 1 aliphatic rings. The normalized spacial score (nSPS) is 17.4. The number of fused-ring (bicyclic) bond motifs is 1. The summed E-state index contributed by atoms with van der Waals surface area (Å²) in [5.74, 6) is 0.310. The SMILES string of the molecule is Brc1ccc2c(c1)N=CC2c1ccccc1. The lowest BCUT2D eigenvalue weighted by atomic mass is 9.93. The van der Waals surface area contributed by atoms with Crippen LogP contribution < -0.4 is 0 Å². The fourth-order valence-corrected chi connectivity index (χ4v) is 2.40. The lowest BCUT2D eigenvalue weighted by Crippen LogP contribution is -1.97. The molecule has 3 rings (SSSR count). The first kappa shape index (κ1) is 9.79. The van der Waals surface area contributed by atoms with Gasteiger partial charge in [-0.2, -0.15) is 0 Å². The van der Waals surface area contributed by atoms with Gasteiger partial charge in [0.05, 0.1) is 5.69 Å². The topological polar surface area (TPSA) is 12.4 Å². The second-order valence-electron chi connectivity index (χ2n) is 3.87. The fourth-order valence-electron chi connectivity index (χ4n) is 2.05. The van der Waals surface area contributed by atoms with E-state index in [1.54, 1.807) is 0 Å². The van der Waals surface area contributed by atoms with Crippen molar-refractivity contribution in [3.05, 3.63) is 64.1 Å². The third-order valence-electron chi connectivity index (χ3n) is 2.85. The molecule has 0 bridgehead atoms. The summed E-state index contributed by atoms with van der Waals surface area (Å²) in [5, 5.41) is 0. The minimum atomic E-state index is 0.310. The van der Waals surface area contributed by atoms with Crippen molar-refractivity contribution in [2.24, 2.45) is 4.99 Å². The molecule has 0 amide bonds. The molecule has 2 aromatic rings. The minimum Gasteiger partial charge on any atom is -0.260 e. The van der Waals surface area contributed by atoms with E-state index in [1.165, 1.54) is 11.1 Å².